The second-order valence-corrected chi connectivity index (χ2v) is 6.62. The van der Waals surface area contributed by atoms with Crippen LogP contribution in [0.3, 0.4) is 0 Å². The highest BCUT2D eigenvalue weighted by atomic mass is 35.5. The van der Waals surface area contributed by atoms with Gasteiger partial charge in [-0.05, 0) is 31.0 Å². The molecule has 1 aliphatic heterocycles. The second kappa shape index (κ2) is 8.02. The zero-order chi connectivity index (χ0) is 17.8. The number of hydrogen-bond donors (Lipinski definition) is 0. The number of pyridine rings is 1. The molecule has 0 aliphatic carbocycles. The highest BCUT2D eigenvalue weighted by Gasteiger charge is 2.23. The lowest BCUT2D eigenvalue weighted by Crippen LogP contribution is -2.36. The van der Waals surface area contributed by atoms with Gasteiger partial charge in [0.05, 0.1) is 18.7 Å². The molecule has 0 bridgehead atoms. The van der Waals surface area contributed by atoms with Gasteiger partial charge in [-0.15, -0.1) is 0 Å². The number of carbonyl (C=O) groups excluding carboxylic acids is 1. The predicted molar refractivity (Wildman–Crippen MR) is 98.0 cm³/mol. The Morgan fingerprint density at radius 2 is 2.28 bits per heavy atom. The van der Waals surface area contributed by atoms with Gasteiger partial charge in [0.15, 0.2) is 0 Å². The van der Waals surface area contributed by atoms with Crippen molar-refractivity contribution in [2.24, 2.45) is 0 Å². The fourth-order valence-corrected chi connectivity index (χ4v) is 3.33. The first-order valence-electron chi connectivity index (χ1n) is 8.63. The van der Waals surface area contributed by atoms with E-state index in [2.05, 4.69) is 4.98 Å². The maximum absolute atomic E-state index is 12.4. The zero-order valence-electron chi connectivity index (χ0n) is 14.6. The number of methoxy groups -OCH3 is 1. The smallest absolute Gasteiger partial charge is 0.222 e. The molecule has 0 saturated carbocycles. The molecule has 0 spiro atoms. The first kappa shape index (κ1) is 18.0. The van der Waals surface area contributed by atoms with Crippen molar-refractivity contribution in [3.05, 3.63) is 35.0 Å². The van der Waals surface area contributed by atoms with Crippen LogP contribution in [0.4, 0.5) is 0 Å². The van der Waals surface area contributed by atoms with Gasteiger partial charge in [0.2, 0.25) is 5.91 Å². The topological polar surface area (TPSA) is 51.7 Å². The van der Waals surface area contributed by atoms with Crippen LogP contribution in [-0.2, 0) is 16.1 Å². The molecule has 1 amide bonds. The first-order chi connectivity index (χ1) is 12.1. The molecule has 1 fully saturated rings. The average molecular weight is 363 g/mol. The molecule has 0 unspecified atom stereocenters. The van der Waals surface area contributed by atoms with Crippen molar-refractivity contribution in [3.8, 4) is 5.75 Å². The number of ether oxygens (including phenoxy) is 2. The van der Waals surface area contributed by atoms with Crippen LogP contribution in [-0.4, -0.2) is 42.2 Å². The maximum Gasteiger partial charge on any atom is 0.222 e. The maximum atomic E-state index is 12.4. The molecule has 0 N–H and O–H groups in total. The monoisotopic (exact) mass is 362 g/mol. The molecule has 1 aromatic carbocycles. The molecular formula is C19H23ClN2O3. The zero-order valence-corrected chi connectivity index (χ0v) is 15.4. The number of halogens is 1. The lowest BCUT2D eigenvalue weighted by Gasteiger charge is -2.25. The summed E-state index contributed by atoms with van der Waals surface area (Å²) in [5, 5.41) is 1.39. The van der Waals surface area contributed by atoms with Crippen molar-refractivity contribution in [2.75, 3.05) is 20.3 Å². The Hall–Kier alpha value is -1.85. The Morgan fingerprint density at radius 3 is 2.96 bits per heavy atom. The summed E-state index contributed by atoms with van der Waals surface area (Å²) in [6.45, 7) is 3.69. The van der Waals surface area contributed by atoms with E-state index < -0.39 is 0 Å². The van der Waals surface area contributed by atoms with Crippen molar-refractivity contribution < 1.29 is 14.3 Å². The Bertz CT molecular complexity index is 760. The number of benzene rings is 1. The first-order valence-corrected chi connectivity index (χ1v) is 9.01. The molecule has 25 heavy (non-hydrogen) atoms. The predicted octanol–water partition coefficient (Wildman–Crippen LogP) is 3.81. The molecular weight excluding hydrogens is 340 g/mol. The summed E-state index contributed by atoms with van der Waals surface area (Å²) in [7, 11) is 1.62. The number of hydrogen-bond acceptors (Lipinski definition) is 4. The van der Waals surface area contributed by atoms with Gasteiger partial charge in [-0.1, -0.05) is 18.5 Å². The summed E-state index contributed by atoms with van der Waals surface area (Å²) >= 11 is 6.39. The highest BCUT2D eigenvalue weighted by Crippen LogP contribution is 2.26. The second-order valence-electron chi connectivity index (χ2n) is 6.26. The molecule has 1 aromatic heterocycles. The number of rotatable bonds is 6. The molecule has 3 rings (SSSR count). The number of aromatic nitrogens is 1. The van der Waals surface area contributed by atoms with Crippen LogP contribution >= 0.6 is 11.6 Å². The largest absolute Gasteiger partial charge is 0.497 e. The van der Waals surface area contributed by atoms with Crippen LogP contribution in [0.2, 0.25) is 5.15 Å². The molecule has 2 aromatic rings. The highest BCUT2D eigenvalue weighted by molar-refractivity contribution is 6.30. The third-order valence-electron chi connectivity index (χ3n) is 4.52. The van der Waals surface area contributed by atoms with Crippen LogP contribution in [0.1, 0.15) is 31.7 Å². The Labute approximate surface area is 152 Å². The van der Waals surface area contributed by atoms with Gasteiger partial charge in [-0.2, -0.15) is 0 Å². The van der Waals surface area contributed by atoms with Crippen molar-refractivity contribution in [1.29, 1.82) is 0 Å². The van der Waals surface area contributed by atoms with Crippen molar-refractivity contribution >= 4 is 28.4 Å². The minimum Gasteiger partial charge on any atom is -0.497 e. The van der Waals surface area contributed by atoms with E-state index in [1.54, 1.807) is 7.11 Å². The normalized spacial score (nSPS) is 17.0. The summed E-state index contributed by atoms with van der Waals surface area (Å²) < 4.78 is 10.9. The van der Waals surface area contributed by atoms with E-state index in [4.69, 9.17) is 21.1 Å². The summed E-state index contributed by atoms with van der Waals surface area (Å²) in [5.74, 6) is 0.839. The third-order valence-corrected chi connectivity index (χ3v) is 4.84. The average Bonchev–Trinajstić information content (AvgIpc) is 3.13. The van der Waals surface area contributed by atoms with Crippen LogP contribution in [0.5, 0.6) is 5.75 Å². The van der Waals surface area contributed by atoms with Gasteiger partial charge in [-0.3, -0.25) is 4.79 Å². The summed E-state index contributed by atoms with van der Waals surface area (Å²) in [6, 6.07) is 7.69. The van der Waals surface area contributed by atoms with E-state index in [9.17, 15) is 4.79 Å². The van der Waals surface area contributed by atoms with E-state index in [1.165, 1.54) is 0 Å². The third kappa shape index (κ3) is 4.22. The van der Waals surface area contributed by atoms with Gasteiger partial charge in [0.25, 0.3) is 0 Å². The van der Waals surface area contributed by atoms with Gasteiger partial charge in [-0.25, -0.2) is 4.98 Å². The van der Waals surface area contributed by atoms with Crippen LogP contribution in [0.15, 0.2) is 24.3 Å². The molecule has 0 radical (unpaired) electrons. The van der Waals surface area contributed by atoms with Crippen molar-refractivity contribution in [2.45, 2.75) is 38.8 Å². The number of nitrogens with zero attached hydrogens (tertiary/aromatic N) is 2. The van der Waals surface area contributed by atoms with Gasteiger partial charge in [0.1, 0.15) is 10.9 Å². The fourth-order valence-electron chi connectivity index (χ4n) is 3.12. The minimum atomic E-state index is 0.0985. The van der Waals surface area contributed by atoms with Crippen LogP contribution < -0.4 is 4.74 Å². The van der Waals surface area contributed by atoms with E-state index in [0.717, 1.165) is 41.7 Å². The molecule has 1 aliphatic rings. The minimum absolute atomic E-state index is 0.0985. The Morgan fingerprint density at radius 1 is 1.44 bits per heavy atom. The quantitative estimate of drug-likeness (QED) is 0.733. The number of fused-ring (bicyclic) bond motifs is 1. The van der Waals surface area contributed by atoms with Gasteiger partial charge in [0, 0.05) is 43.1 Å². The van der Waals surface area contributed by atoms with E-state index in [1.807, 2.05) is 36.1 Å². The molecule has 5 nitrogen and oxygen atoms in total. The lowest BCUT2D eigenvalue weighted by atomic mass is 10.1. The summed E-state index contributed by atoms with van der Waals surface area (Å²) in [6.07, 6.45) is 2.63. The SMILES string of the molecule is CCC(=O)N(Cc1cc2ccc(OC)cc2nc1Cl)C[C@@H]1CCCO1. The Balaban J connectivity index is 1.84. The van der Waals surface area contributed by atoms with E-state index in [-0.39, 0.29) is 12.0 Å². The van der Waals surface area contributed by atoms with Gasteiger partial charge >= 0.3 is 0 Å². The van der Waals surface area contributed by atoms with E-state index >= 15 is 0 Å². The molecule has 2 heterocycles. The lowest BCUT2D eigenvalue weighted by molar-refractivity contribution is -0.133. The van der Waals surface area contributed by atoms with E-state index in [0.29, 0.717) is 24.7 Å². The number of carbonyl (C=O) groups is 1. The molecule has 1 saturated heterocycles. The summed E-state index contributed by atoms with van der Waals surface area (Å²) in [5.41, 5.74) is 1.62. The van der Waals surface area contributed by atoms with Crippen molar-refractivity contribution in [3.63, 3.8) is 0 Å². The van der Waals surface area contributed by atoms with Crippen LogP contribution in [0.25, 0.3) is 10.9 Å². The molecule has 6 heteroatoms. The number of amides is 1. The van der Waals surface area contributed by atoms with Crippen molar-refractivity contribution in [1.82, 2.24) is 9.88 Å². The van der Waals surface area contributed by atoms with Crippen LogP contribution in [0, 0.1) is 0 Å². The molecule has 134 valence electrons. The standard InChI is InChI=1S/C19H23ClN2O3/c1-3-18(23)22(12-16-5-4-8-25-16)11-14-9-13-6-7-15(24-2)10-17(13)21-19(14)20/h6-7,9-10,16H,3-5,8,11-12H2,1-2H3/t16-/m0/s1. The van der Waals surface area contributed by atoms with Gasteiger partial charge < -0.3 is 14.4 Å². The fraction of sp³-hybridized carbons (Fsp3) is 0.474. The Kier molecular flexibility index (Phi) is 5.76. The summed E-state index contributed by atoms with van der Waals surface area (Å²) in [4.78, 5) is 18.7. The molecule has 1 atom stereocenters.